The molecule has 0 aliphatic rings. The van der Waals surface area contributed by atoms with Crippen LogP contribution in [0.4, 0.5) is 0 Å². The van der Waals surface area contributed by atoms with Crippen LogP contribution in [0, 0.1) is 19.3 Å². The van der Waals surface area contributed by atoms with Gasteiger partial charge in [0.1, 0.15) is 0 Å². The molecule has 0 saturated heterocycles. The summed E-state index contributed by atoms with van der Waals surface area (Å²) in [6, 6.07) is 35.2. The number of aryl methyl sites for hydroxylation is 2. The van der Waals surface area contributed by atoms with Crippen LogP contribution in [0.2, 0.25) is 0 Å². The Morgan fingerprint density at radius 2 is 0.956 bits per heavy atom. The Morgan fingerprint density at radius 3 is 1.38 bits per heavy atom. The number of fused-ring (bicyclic) bond motifs is 2. The lowest BCUT2D eigenvalue weighted by molar-refractivity contribution is 0.0921. The summed E-state index contributed by atoms with van der Waals surface area (Å²) in [6.45, 7) is 8.88. The summed E-state index contributed by atoms with van der Waals surface area (Å²) in [4.78, 5) is 37.0. The second-order valence-corrected chi connectivity index (χ2v) is 12.3. The fourth-order valence-electron chi connectivity index (χ4n) is 5.62. The van der Waals surface area contributed by atoms with Gasteiger partial charge in [0.05, 0.1) is 33.5 Å². The molecule has 0 unspecified atom stereocenters. The normalized spacial score (nSPS) is 11.5. The summed E-state index contributed by atoms with van der Waals surface area (Å²) in [6.07, 6.45) is 0. The first kappa shape index (κ1) is 29.7. The lowest BCUT2D eigenvalue weighted by Gasteiger charge is -2.26. The van der Waals surface area contributed by atoms with E-state index in [2.05, 4.69) is 10.6 Å². The third-order valence-corrected chi connectivity index (χ3v) is 8.22. The van der Waals surface area contributed by atoms with Crippen molar-refractivity contribution in [2.45, 2.75) is 27.7 Å². The summed E-state index contributed by atoms with van der Waals surface area (Å²) in [5.74, 6) is -0.350. The van der Waals surface area contributed by atoms with Crippen LogP contribution in [0.5, 0.6) is 0 Å². The van der Waals surface area contributed by atoms with Gasteiger partial charge in [-0.2, -0.15) is 0 Å². The quantitative estimate of drug-likeness (QED) is 0.188. The molecule has 0 saturated carbocycles. The van der Waals surface area contributed by atoms with Gasteiger partial charge in [-0.05, 0) is 54.7 Å². The molecule has 2 heterocycles. The number of benzene rings is 4. The van der Waals surface area contributed by atoms with Crippen molar-refractivity contribution in [2.24, 2.45) is 5.41 Å². The molecular formula is C39H36N4O2. The predicted octanol–water partition coefficient (Wildman–Crippen LogP) is 7.92. The average Bonchev–Trinajstić information content (AvgIpc) is 3.05. The van der Waals surface area contributed by atoms with Crippen molar-refractivity contribution >= 4 is 33.6 Å². The van der Waals surface area contributed by atoms with E-state index in [-0.39, 0.29) is 11.8 Å². The molecule has 0 bridgehead atoms. The monoisotopic (exact) mass is 592 g/mol. The average molecular weight is 593 g/mol. The summed E-state index contributed by atoms with van der Waals surface area (Å²) >= 11 is 0. The van der Waals surface area contributed by atoms with Crippen LogP contribution in [-0.2, 0) is 0 Å². The first-order valence-electron chi connectivity index (χ1n) is 15.2. The van der Waals surface area contributed by atoms with Crippen molar-refractivity contribution < 1.29 is 9.59 Å². The maximum Gasteiger partial charge on any atom is 0.252 e. The fourth-order valence-corrected chi connectivity index (χ4v) is 5.62. The Bertz CT molecular complexity index is 1920. The molecule has 2 aromatic heterocycles. The van der Waals surface area contributed by atoms with E-state index in [0.29, 0.717) is 24.2 Å². The number of amides is 2. The lowest BCUT2D eigenvalue weighted by Crippen LogP contribution is -2.42. The van der Waals surface area contributed by atoms with E-state index < -0.39 is 5.41 Å². The number of hydrogen-bond acceptors (Lipinski definition) is 4. The molecule has 0 fully saturated rings. The third-order valence-electron chi connectivity index (χ3n) is 8.22. The molecule has 6 nitrogen and oxygen atoms in total. The number of aromatic nitrogens is 2. The number of para-hydroxylation sites is 2. The molecule has 0 atom stereocenters. The number of nitrogens with zero attached hydrogens (tertiary/aromatic N) is 2. The molecule has 0 radical (unpaired) electrons. The molecule has 6 rings (SSSR count). The van der Waals surface area contributed by atoms with Gasteiger partial charge in [-0.3, -0.25) is 9.59 Å². The Morgan fingerprint density at radius 1 is 0.578 bits per heavy atom. The minimum atomic E-state index is -0.422. The van der Waals surface area contributed by atoms with Gasteiger partial charge in [0, 0.05) is 35.0 Å². The Balaban J connectivity index is 1.20. The highest BCUT2D eigenvalue weighted by molar-refractivity contribution is 6.08. The summed E-state index contributed by atoms with van der Waals surface area (Å²) in [5, 5.41) is 7.85. The number of nitrogens with one attached hydrogen (secondary N) is 2. The molecule has 0 spiro atoms. The highest BCUT2D eigenvalue weighted by Gasteiger charge is 2.23. The van der Waals surface area contributed by atoms with E-state index in [1.807, 2.05) is 137 Å². The zero-order chi connectivity index (χ0) is 31.6. The van der Waals surface area contributed by atoms with E-state index >= 15 is 0 Å². The van der Waals surface area contributed by atoms with Gasteiger partial charge in [-0.1, -0.05) is 98.8 Å². The first-order valence-corrected chi connectivity index (χ1v) is 15.2. The minimum absolute atomic E-state index is 0.175. The van der Waals surface area contributed by atoms with Crippen LogP contribution in [0.15, 0.2) is 109 Å². The van der Waals surface area contributed by atoms with E-state index in [4.69, 9.17) is 9.97 Å². The van der Waals surface area contributed by atoms with Gasteiger partial charge in [-0.15, -0.1) is 0 Å². The largest absolute Gasteiger partial charge is 0.351 e. The number of hydrogen-bond donors (Lipinski definition) is 2. The summed E-state index contributed by atoms with van der Waals surface area (Å²) in [7, 11) is 0. The number of carbonyl (C=O) groups excluding carboxylic acids is 2. The smallest absolute Gasteiger partial charge is 0.252 e. The van der Waals surface area contributed by atoms with E-state index in [1.165, 1.54) is 0 Å². The van der Waals surface area contributed by atoms with Gasteiger partial charge in [0.15, 0.2) is 0 Å². The predicted molar refractivity (Wildman–Crippen MR) is 182 cm³/mol. The standard InChI is InChI=1S/C39H36N4O2/c1-25-13-5-7-15-27(25)35-21-31(29-17-9-11-19-33(29)42-35)37(44)40-23-39(3,4)24-41-38(45)32-22-36(28-16-8-6-14-26(28)2)43-34-20-12-10-18-30(32)34/h5-22H,23-24H2,1-4H3,(H,40,44)(H,41,45). The zero-order valence-electron chi connectivity index (χ0n) is 26.0. The zero-order valence-corrected chi connectivity index (χ0v) is 26.0. The van der Waals surface area contributed by atoms with Crippen LogP contribution in [0.25, 0.3) is 44.3 Å². The van der Waals surface area contributed by atoms with Gasteiger partial charge in [0.2, 0.25) is 0 Å². The molecule has 0 aliphatic carbocycles. The Labute approximate surface area is 263 Å². The Kier molecular flexibility index (Phi) is 8.14. The second kappa shape index (κ2) is 12.3. The Hall–Kier alpha value is -5.36. The molecule has 0 aliphatic heterocycles. The van der Waals surface area contributed by atoms with Crippen LogP contribution in [0.1, 0.15) is 45.7 Å². The van der Waals surface area contributed by atoms with Crippen LogP contribution in [0.3, 0.4) is 0 Å². The molecular weight excluding hydrogens is 556 g/mol. The molecule has 224 valence electrons. The molecule has 6 aromatic rings. The first-order chi connectivity index (χ1) is 21.7. The van der Waals surface area contributed by atoms with Crippen molar-refractivity contribution in [3.63, 3.8) is 0 Å². The van der Waals surface area contributed by atoms with Crippen molar-refractivity contribution in [3.05, 3.63) is 131 Å². The maximum atomic E-state index is 13.6. The van der Waals surface area contributed by atoms with E-state index in [9.17, 15) is 9.59 Å². The SMILES string of the molecule is Cc1ccccc1-c1cc(C(=O)NCC(C)(C)CNC(=O)c2cc(-c3ccccc3C)nc3ccccc23)c2ccccc2n1. The summed E-state index contributed by atoms with van der Waals surface area (Å²) < 4.78 is 0. The topological polar surface area (TPSA) is 84.0 Å². The van der Waals surface area contributed by atoms with E-state index in [1.54, 1.807) is 0 Å². The summed E-state index contributed by atoms with van der Waals surface area (Å²) in [5.41, 5.74) is 7.97. The molecule has 2 N–H and O–H groups in total. The maximum absolute atomic E-state index is 13.6. The van der Waals surface area contributed by atoms with Crippen LogP contribution < -0.4 is 10.6 Å². The van der Waals surface area contributed by atoms with E-state index in [0.717, 1.165) is 55.4 Å². The van der Waals surface area contributed by atoms with Crippen molar-refractivity contribution in [2.75, 3.05) is 13.1 Å². The van der Waals surface area contributed by atoms with Gasteiger partial charge < -0.3 is 10.6 Å². The minimum Gasteiger partial charge on any atom is -0.351 e. The highest BCUT2D eigenvalue weighted by atomic mass is 16.2. The van der Waals surface area contributed by atoms with Gasteiger partial charge >= 0.3 is 0 Å². The van der Waals surface area contributed by atoms with Crippen LogP contribution >= 0.6 is 0 Å². The van der Waals surface area contributed by atoms with Crippen molar-refractivity contribution in [1.29, 1.82) is 0 Å². The number of pyridine rings is 2. The fraction of sp³-hybridized carbons (Fsp3) is 0.179. The van der Waals surface area contributed by atoms with Gasteiger partial charge in [0.25, 0.3) is 11.8 Å². The molecule has 4 aromatic carbocycles. The number of carbonyl (C=O) groups is 2. The van der Waals surface area contributed by atoms with Crippen LogP contribution in [-0.4, -0.2) is 34.9 Å². The third kappa shape index (κ3) is 6.31. The van der Waals surface area contributed by atoms with Gasteiger partial charge in [-0.25, -0.2) is 9.97 Å². The molecule has 6 heteroatoms. The number of rotatable bonds is 8. The molecule has 45 heavy (non-hydrogen) atoms. The van der Waals surface area contributed by atoms with Crippen molar-refractivity contribution in [1.82, 2.24) is 20.6 Å². The second-order valence-electron chi connectivity index (χ2n) is 12.3. The van der Waals surface area contributed by atoms with Crippen molar-refractivity contribution in [3.8, 4) is 22.5 Å². The lowest BCUT2D eigenvalue weighted by atomic mass is 9.92. The highest BCUT2D eigenvalue weighted by Crippen LogP contribution is 2.29. The molecule has 2 amide bonds.